The minimum atomic E-state index is -0.367. The third kappa shape index (κ3) is 2.00. The van der Waals surface area contributed by atoms with Crippen molar-refractivity contribution in [2.45, 2.75) is 20.3 Å². The lowest BCUT2D eigenvalue weighted by atomic mass is 9.84. The predicted octanol–water partition coefficient (Wildman–Crippen LogP) is 4.20. The zero-order chi connectivity index (χ0) is 11.2. The predicted molar refractivity (Wildman–Crippen MR) is 62.1 cm³/mol. The van der Waals surface area contributed by atoms with Crippen molar-refractivity contribution in [3.63, 3.8) is 0 Å². The van der Waals surface area contributed by atoms with Crippen molar-refractivity contribution in [1.82, 2.24) is 0 Å². The molecule has 0 saturated heterocycles. The molecular formula is C11H11BrClFO. The summed E-state index contributed by atoms with van der Waals surface area (Å²) >= 11 is 9.03. The molecule has 1 aromatic rings. The first-order valence-corrected chi connectivity index (χ1v) is 5.87. The van der Waals surface area contributed by atoms with Crippen molar-refractivity contribution in [3.8, 4) is 5.75 Å². The highest BCUT2D eigenvalue weighted by atomic mass is 79.9. The minimum absolute atomic E-state index is 0.0367. The number of halogens is 3. The molecule has 15 heavy (non-hydrogen) atoms. The molecule has 1 heterocycles. The van der Waals surface area contributed by atoms with E-state index >= 15 is 0 Å². The molecule has 0 aromatic heterocycles. The lowest BCUT2D eigenvalue weighted by Gasteiger charge is -2.31. The van der Waals surface area contributed by atoms with Gasteiger partial charge < -0.3 is 4.74 Å². The van der Waals surface area contributed by atoms with E-state index in [0.29, 0.717) is 28.8 Å². The Labute approximate surface area is 102 Å². The van der Waals surface area contributed by atoms with Gasteiger partial charge in [-0.15, -0.1) is 0 Å². The van der Waals surface area contributed by atoms with Gasteiger partial charge in [-0.05, 0) is 28.4 Å². The monoisotopic (exact) mass is 292 g/mol. The molecular weight excluding hydrogens is 282 g/mol. The fourth-order valence-electron chi connectivity index (χ4n) is 1.71. The number of hydrogen-bond donors (Lipinski definition) is 0. The summed E-state index contributed by atoms with van der Waals surface area (Å²) in [6.45, 7) is 4.70. The van der Waals surface area contributed by atoms with Crippen LogP contribution in [-0.2, 0) is 6.42 Å². The van der Waals surface area contributed by atoms with Crippen LogP contribution in [0.3, 0.4) is 0 Å². The standard InChI is InChI=1S/C11H11BrClFO/c1-11(2)4-6-8(15-5-11)3-7(12)9(13)10(6)14/h3H,4-5H2,1-2H3. The number of benzene rings is 1. The van der Waals surface area contributed by atoms with E-state index in [1.807, 2.05) is 13.8 Å². The van der Waals surface area contributed by atoms with Crippen LogP contribution in [0.15, 0.2) is 10.5 Å². The summed E-state index contributed by atoms with van der Waals surface area (Å²) < 4.78 is 19.9. The Kier molecular flexibility index (Phi) is 2.72. The first-order chi connectivity index (χ1) is 6.91. The molecule has 1 aromatic carbocycles. The molecule has 0 N–H and O–H groups in total. The topological polar surface area (TPSA) is 9.23 Å². The molecule has 82 valence electrons. The zero-order valence-corrected chi connectivity index (χ0v) is 10.9. The number of ether oxygens (including phenoxy) is 1. The van der Waals surface area contributed by atoms with Crippen LogP contribution < -0.4 is 4.74 Å². The van der Waals surface area contributed by atoms with Gasteiger partial charge in [-0.1, -0.05) is 25.4 Å². The van der Waals surface area contributed by atoms with Crippen molar-refractivity contribution in [2.75, 3.05) is 6.61 Å². The van der Waals surface area contributed by atoms with E-state index in [1.54, 1.807) is 6.07 Å². The van der Waals surface area contributed by atoms with E-state index < -0.39 is 0 Å². The van der Waals surface area contributed by atoms with E-state index in [-0.39, 0.29) is 16.3 Å². The number of rotatable bonds is 0. The van der Waals surface area contributed by atoms with Gasteiger partial charge in [-0.3, -0.25) is 0 Å². The summed E-state index contributed by atoms with van der Waals surface area (Å²) in [5, 5.41) is 0.134. The lowest BCUT2D eigenvalue weighted by Crippen LogP contribution is -2.29. The summed E-state index contributed by atoms with van der Waals surface area (Å²) in [6.07, 6.45) is 0.654. The van der Waals surface area contributed by atoms with Crippen LogP contribution in [0, 0.1) is 11.2 Å². The zero-order valence-electron chi connectivity index (χ0n) is 8.53. The van der Waals surface area contributed by atoms with Crippen LogP contribution in [0.2, 0.25) is 5.02 Å². The molecule has 1 nitrogen and oxygen atoms in total. The Morgan fingerprint density at radius 1 is 1.53 bits per heavy atom. The van der Waals surface area contributed by atoms with Crippen LogP contribution in [0.4, 0.5) is 4.39 Å². The molecule has 1 aliphatic heterocycles. The first-order valence-electron chi connectivity index (χ1n) is 4.70. The highest BCUT2D eigenvalue weighted by molar-refractivity contribution is 9.10. The van der Waals surface area contributed by atoms with Gasteiger partial charge >= 0.3 is 0 Å². The van der Waals surface area contributed by atoms with Crippen molar-refractivity contribution < 1.29 is 9.13 Å². The number of fused-ring (bicyclic) bond motifs is 1. The summed E-state index contributed by atoms with van der Waals surface area (Å²) in [5.74, 6) is 0.233. The molecule has 0 aliphatic carbocycles. The Hall–Kier alpha value is -0.280. The van der Waals surface area contributed by atoms with E-state index in [0.717, 1.165) is 0 Å². The molecule has 4 heteroatoms. The van der Waals surface area contributed by atoms with Gasteiger partial charge in [0.2, 0.25) is 0 Å². The molecule has 0 bridgehead atoms. The van der Waals surface area contributed by atoms with Crippen LogP contribution in [0.5, 0.6) is 5.75 Å². The second-order valence-electron chi connectivity index (χ2n) is 4.59. The smallest absolute Gasteiger partial charge is 0.149 e. The highest BCUT2D eigenvalue weighted by Crippen LogP contribution is 2.41. The second kappa shape index (κ2) is 3.63. The van der Waals surface area contributed by atoms with Gasteiger partial charge in [0, 0.05) is 15.5 Å². The minimum Gasteiger partial charge on any atom is -0.493 e. The fourth-order valence-corrected chi connectivity index (χ4v) is 2.26. The third-order valence-corrected chi connectivity index (χ3v) is 3.72. The molecule has 1 aliphatic rings. The van der Waals surface area contributed by atoms with Gasteiger partial charge in [0.25, 0.3) is 0 Å². The molecule has 0 unspecified atom stereocenters. The van der Waals surface area contributed by atoms with Gasteiger partial charge in [-0.2, -0.15) is 0 Å². The molecule has 0 saturated carbocycles. The Morgan fingerprint density at radius 3 is 2.87 bits per heavy atom. The average molecular weight is 294 g/mol. The highest BCUT2D eigenvalue weighted by Gasteiger charge is 2.30. The molecule has 0 atom stereocenters. The second-order valence-corrected chi connectivity index (χ2v) is 5.83. The maximum absolute atomic E-state index is 13.8. The van der Waals surface area contributed by atoms with Gasteiger partial charge in [-0.25, -0.2) is 4.39 Å². The van der Waals surface area contributed by atoms with Crippen LogP contribution >= 0.6 is 27.5 Å². The Bertz CT molecular complexity index is 418. The van der Waals surface area contributed by atoms with Gasteiger partial charge in [0.05, 0.1) is 11.6 Å². The summed E-state index contributed by atoms with van der Waals surface area (Å²) in [5.41, 5.74) is 0.546. The van der Waals surface area contributed by atoms with Crippen LogP contribution in [0.1, 0.15) is 19.4 Å². The van der Waals surface area contributed by atoms with E-state index in [2.05, 4.69) is 15.9 Å². The summed E-state index contributed by atoms with van der Waals surface area (Å²) in [4.78, 5) is 0. The first kappa shape index (κ1) is 11.2. The van der Waals surface area contributed by atoms with Gasteiger partial charge in [0.1, 0.15) is 11.6 Å². The van der Waals surface area contributed by atoms with Gasteiger partial charge in [0.15, 0.2) is 0 Å². The summed E-state index contributed by atoms with van der Waals surface area (Å²) in [7, 11) is 0. The van der Waals surface area contributed by atoms with Crippen molar-refractivity contribution >= 4 is 27.5 Å². The average Bonchev–Trinajstić information content (AvgIpc) is 2.16. The van der Waals surface area contributed by atoms with Crippen molar-refractivity contribution in [3.05, 3.63) is 26.9 Å². The fraction of sp³-hybridized carbons (Fsp3) is 0.455. The maximum Gasteiger partial charge on any atom is 0.149 e. The SMILES string of the molecule is CC1(C)COc2cc(Br)c(Cl)c(F)c2C1. The van der Waals surface area contributed by atoms with E-state index in [9.17, 15) is 4.39 Å². The Morgan fingerprint density at radius 2 is 2.20 bits per heavy atom. The quantitative estimate of drug-likeness (QED) is 0.651. The molecule has 0 radical (unpaired) electrons. The molecule has 0 spiro atoms. The number of hydrogen-bond acceptors (Lipinski definition) is 1. The van der Waals surface area contributed by atoms with Crippen molar-refractivity contribution in [2.24, 2.45) is 5.41 Å². The maximum atomic E-state index is 13.8. The molecule has 0 fully saturated rings. The van der Waals surface area contributed by atoms with Crippen molar-refractivity contribution in [1.29, 1.82) is 0 Å². The third-order valence-electron chi connectivity index (χ3n) is 2.50. The summed E-state index contributed by atoms with van der Waals surface area (Å²) in [6, 6.07) is 1.73. The van der Waals surface area contributed by atoms with E-state index in [4.69, 9.17) is 16.3 Å². The van der Waals surface area contributed by atoms with Crippen LogP contribution in [0.25, 0.3) is 0 Å². The molecule has 0 amide bonds. The van der Waals surface area contributed by atoms with Crippen LogP contribution in [-0.4, -0.2) is 6.61 Å². The lowest BCUT2D eigenvalue weighted by molar-refractivity contribution is 0.152. The Balaban J connectivity index is 2.55. The largest absolute Gasteiger partial charge is 0.493 e. The molecule has 2 rings (SSSR count). The van der Waals surface area contributed by atoms with E-state index in [1.165, 1.54) is 0 Å². The normalized spacial score (nSPS) is 18.2.